The van der Waals surface area contributed by atoms with Crippen LogP contribution in [0.15, 0.2) is 314 Å². The topological polar surface area (TPSA) is 28.4 Å². The molecular weight excluding hydrogens is 933 g/mol. The van der Waals surface area contributed by atoms with E-state index in [1.165, 1.54) is 38.9 Å². The second-order valence-corrected chi connectivity index (χ2v) is 19.0. The lowest BCUT2D eigenvalue weighted by Crippen LogP contribution is -2.09. The van der Waals surface area contributed by atoms with E-state index in [1.807, 2.05) is 36.4 Å². The third kappa shape index (κ3) is 10.6. The zero-order valence-electron chi connectivity index (χ0n) is 42.5. The van der Waals surface area contributed by atoms with Crippen LogP contribution in [0.4, 0.5) is 28.4 Å². The molecule has 0 atom stereocenters. The lowest BCUT2D eigenvalue weighted by Gasteiger charge is -2.26. The minimum atomic E-state index is 0.900. The van der Waals surface area contributed by atoms with Crippen molar-refractivity contribution in [2.45, 2.75) is 0 Å². The van der Waals surface area contributed by atoms with Crippen LogP contribution in [0.1, 0.15) is 5.56 Å². The highest BCUT2D eigenvalue weighted by Gasteiger charge is 2.16. The van der Waals surface area contributed by atoms with E-state index in [0.717, 1.165) is 83.8 Å². The fourth-order valence-electron chi connectivity index (χ4n) is 10.0. The van der Waals surface area contributed by atoms with E-state index >= 15 is 0 Å². The van der Waals surface area contributed by atoms with Gasteiger partial charge in [-0.2, -0.15) is 0 Å². The van der Waals surface area contributed by atoms with Crippen molar-refractivity contribution >= 4 is 56.5 Å². The van der Waals surface area contributed by atoms with Crippen LogP contribution in [0, 0.1) is 0 Å². The van der Waals surface area contributed by atoms with Gasteiger partial charge in [0, 0.05) is 44.8 Å². The Morgan fingerprint density at radius 2 is 0.610 bits per heavy atom. The zero-order valence-corrected chi connectivity index (χ0v) is 42.5. The second kappa shape index (κ2) is 22.1. The summed E-state index contributed by atoms with van der Waals surface area (Å²) in [6.45, 7) is 3.89. The molecule has 0 bridgehead atoms. The molecule has 0 aliphatic rings. The minimum absolute atomic E-state index is 0.900. The van der Waals surface area contributed by atoms with Crippen LogP contribution in [-0.4, -0.2) is 0 Å². The van der Waals surface area contributed by atoms with Crippen molar-refractivity contribution in [1.29, 1.82) is 0 Å². The molecule has 77 heavy (non-hydrogen) atoms. The molecule has 1 aromatic heterocycles. The van der Waals surface area contributed by atoms with Gasteiger partial charge in [-0.25, -0.2) is 0 Å². The summed E-state index contributed by atoms with van der Waals surface area (Å²) in [6, 6.07) is 107. The van der Waals surface area contributed by atoms with Crippen LogP contribution in [0.5, 0.6) is 0 Å². The number of anilines is 5. The van der Waals surface area contributed by atoms with Gasteiger partial charge >= 0.3 is 0 Å². The average Bonchev–Trinajstić information content (AvgIpc) is 3.97. The standard InChI is InChI=1S/C62H44N2O.C12H10/c1-2-43-15-17-45(18-16-43)46-19-21-47(22-20-46)50-27-37-55(38-28-50)64(57-41-31-52(32-42-57)58-12-8-13-60-59-11-6-7-14-61(59)65-62(58)60)56-39-29-51(30-40-56)49-25-35-54(36-26-49)63-53-33-23-48(24-34-53)44-9-4-3-5-10-44;1-3-7-11(8-4-1)12-9-5-2-6-10-12/h2-42,63H,1H2;1-10H. The molecule has 0 spiro atoms. The first-order chi connectivity index (χ1) is 38.1. The SMILES string of the molecule is C=Cc1ccc(-c2ccc(-c3ccc(N(c4ccc(-c5ccc(Nc6ccc(-c7ccccc7)cc6)cc5)cc4)c4ccc(-c5cccc6c5oc5ccccc56)cc4)cc3)cc2)cc1.c1ccc(-c2ccccc2)cc1. The Labute approximate surface area is 451 Å². The van der Waals surface area contributed by atoms with E-state index in [0.29, 0.717) is 0 Å². The number of furan rings is 1. The number of para-hydroxylation sites is 2. The van der Waals surface area contributed by atoms with Crippen LogP contribution < -0.4 is 10.2 Å². The summed E-state index contributed by atoms with van der Waals surface area (Å²) in [5.74, 6) is 0. The highest BCUT2D eigenvalue weighted by Crippen LogP contribution is 2.40. The van der Waals surface area contributed by atoms with Crippen LogP contribution in [0.25, 0.3) is 94.8 Å². The lowest BCUT2D eigenvalue weighted by atomic mass is 9.99. The van der Waals surface area contributed by atoms with Crippen LogP contribution in [0.2, 0.25) is 0 Å². The summed E-state index contributed by atoms with van der Waals surface area (Å²) >= 11 is 0. The Morgan fingerprint density at radius 1 is 0.286 bits per heavy atom. The fraction of sp³-hybridized carbons (Fsp3) is 0. The summed E-state index contributed by atoms with van der Waals surface area (Å²) in [4.78, 5) is 2.32. The third-order valence-electron chi connectivity index (χ3n) is 14.2. The number of nitrogens with one attached hydrogen (secondary N) is 1. The average molecular weight is 987 g/mol. The van der Waals surface area contributed by atoms with Gasteiger partial charge in [-0.05, 0) is 133 Å². The van der Waals surface area contributed by atoms with E-state index in [2.05, 4.69) is 290 Å². The van der Waals surface area contributed by atoms with E-state index in [9.17, 15) is 0 Å². The zero-order chi connectivity index (χ0) is 51.8. The van der Waals surface area contributed by atoms with Crippen molar-refractivity contribution < 1.29 is 4.42 Å². The summed E-state index contributed by atoms with van der Waals surface area (Å²) in [6.07, 6.45) is 1.87. The predicted molar refractivity (Wildman–Crippen MR) is 327 cm³/mol. The van der Waals surface area contributed by atoms with E-state index in [1.54, 1.807) is 0 Å². The smallest absolute Gasteiger partial charge is 0.143 e. The molecule has 1 heterocycles. The van der Waals surface area contributed by atoms with E-state index in [-0.39, 0.29) is 0 Å². The van der Waals surface area contributed by atoms with E-state index in [4.69, 9.17) is 4.42 Å². The van der Waals surface area contributed by atoms with Gasteiger partial charge in [0.15, 0.2) is 0 Å². The molecule has 0 saturated carbocycles. The van der Waals surface area contributed by atoms with Gasteiger partial charge in [-0.1, -0.05) is 249 Å². The summed E-state index contributed by atoms with van der Waals surface area (Å²) in [5.41, 5.74) is 22.4. The highest BCUT2D eigenvalue weighted by atomic mass is 16.3. The molecule has 0 unspecified atom stereocenters. The lowest BCUT2D eigenvalue weighted by molar-refractivity contribution is 0.670. The molecule has 366 valence electrons. The normalized spacial score (nSPS) is 10.9. The maximum Gasteiger partial charge on any atom is 0.143 e. The van der Waals surface area contributed by atoms with Gasteiger partial charge in [-0.15, -0.1) is 0 Å². The molecule has 0 amide bonds. The Balaban J connectivity index is 0.000000437. The van der Waals surface area contributed by atoms with Crippen molar-refractivity contribution in [3.8, 4) is 66.8 Å². The maximum atomic E-state index is 6.42. The first kappa shape index (κ1) is 47.8. The predicted octanol–water partition coefficient (Wildman–Crippen LogP) is 21.1. The summed E-state index contributed by atoms with van der Waals surface area (Å²) in [5, 5.41) is 5.82. The van der Waals surface area contributed by atoms with Crippen LogP contribution in [-0.2, 0) is 0 Å². The molecule has 13 aromatic rings. The molecule has 3 heteroatoms. The molecule has 0 fully saturated rings. The molecule has 3 nitrogen and oxygen atoms in total. The Hall–Kier alpha value is -10.2. The molecule has 0 saturated heterocycles. The Kier molecular flexibility index (Phi) is 13.7. The minimum Gasteiger partial charge on any atom is -0.455 e. The Bertz CT molecular complexity index is 4000. The number of hydrogen-bond donors (Lipinski definition) is 1. The molecule has 0 aliphatic carbocycles. The van der Waals surface area contributed by atoms with Gasteiger partial charge in [0.1, 0.15) is 11.2 Å². The highest BCUT2D eigenvalue weighted by molar-refractivity contribution is 6.09. The van der Waals surface area contributed by atoms with Gasteiger partial charge in [0.2, 0.25) is 0 Å². The monoisotopic (exact) mass is 986 g/mol. The first-order valence-corrected chi connectivity index (χ1v) is 26.1. The first-order valence-electron chi connectivity index (χ1n) is 26.1. The Morgan fingerprint density at radius 3 is 1.03 bits per heavy atom. The van der Waals surface area contributed by atoms with Crippen LogP contribution >= 0.6 is 0 Å². The number of nitrogens with zero attached hydrogens (tertiary/aromatic N) is 1. The van der Waals surface area contributed by atoms with Crippen molar-refractivity contribution in [2.75, 3.05) is 10.2 Å². The van der Waals surface area contributed by atoms with Crippen molar-refractivity contribution in [2.24, 2.45) is 0 Å². The third-order valence-corrected chi connectivity index (χ3v) is 14.2. The van der Waals surface area contributed by atoms with Gasteiger partial charge < -0.3 is 14.6 Å². The summed E-state index contributed by atoms with van der Waals surface area (Å²) < 4.78 is 6.42. The molecule has 13 rings (SSSR count). The number of rotatable bonds is 12. The largest absolute Gasteiger partial charge is 0.455 e. The number of benzene rings is 12. The summed E-state index contributed by atoms with van der Waals surface area (Å²) in [7, 11) is 0. The van der Waals surface area contributed by atoms with Crippen LogP contribution in [0.3, 0.4) is 0 Å². The molecular formula is C74H54N2O. The van der Waals surface area contributed by atoms with Crippen molar-refractivity contribution in [3.63, 3.8) is 0 Å². The number of fused-ring (bicyclic) bond motifs is 3. The van der Waals surface area contributed by atoms with Gasteiger partial charge in [0.25, 0.3) is 0 Å². The quantitative estimate of drug-likeness (QED) is 0.132. The van der Waals surface area contributed by atoms with Crippen molar-refractivity contribution in [1.82, 2.24) is 0 Å². The maximum absolute atomic E-state index is 6.42. The van der Waals surface area contributed by atoms with Gasteiger partial charge in [-0.3, -0.25) is 0 Å². The van der Waals surface area contributed by atoms with E-state index < -0.39 is 0 Å². The molecule has 0 aliphatic heterocycles. The number of hydrogen-bond acceptors (Lipinski definition) is 3. The molecule has 1 N–H and O–H groups in total. The second-order valence-electron chi connectivity index (χ2n) is 19.0. The molecule has 0 radical (unpaired) electrons. The van der Waals surface area contributed by atoms with Gasteiger partial charge in [0.05, 0.1) is 0 Å². The fourth-order valence-corrected chi connectivity index (χ4v) is 10.0. The van der Waals surface area contributed by atoms with Crippen molar-refractivity contribution in [3.05, 3.63) is 315 Å². The molecule has 12 aromatic carbocycles.